The Morgan fingerprint density at radius 3 is 2.65 bits per heavy atom. The number of benzene rings is 2. The first-order valence-electron chi connectivity index (χ1n) is 14.7. The van der Waals surface area contributed by atoms with Gasteiger partial charge in [-0.3, -0.25) is 9.59 Å². The Bertz CT molecular complexity index is 1140. The van der Waals surface area contributed by atoms with E-state index in [2.05, 4.69) is 46.7 Å². The first kappa shape index (κ1) is 29.7. The molecule has 2 heterocycles. The number of nitrogens with zero attached hydrogens (tertiary/aromatic N) is 2. The molecule has 216 valence electrons. The van der Waals surface area contributed by atoms with Crippen molar-refractivity contribution < 1.29 is 19.1 Å². The molecule has 7 nitrogen and oxygen atoms in total. The third kappa shape index (κ3) is 8.63. The summed E-state index contributed by atoms with van der Waals surface area (Å²) >= 11 is 0. The number of nitrogens with one attached hydrogen (secondary N) is 2. The molecule has 40 heavy (non-hydrogen) atoms. The molecule has 0 spiro atoms. The van der Waals surface area contributed by atoms with Crippen LogP contribution in [0.25, 0.3) is 6.08 Å². The summed E-state index contributed by atoms with van der Waals surface area (Å²) in [6, 6.07) is 14.0. The van der Waals surface area contributed by atoms with Crippen molar-refractivity contribution in [3.05, 3.63) is 71.6 Å². The van der Waals surface area contributed by atoms with Gasteiger partial charge in [-0.25, -0.2) is 4.39 Å². The standard InChI is InChI=1S/C32H43FN4O3/c1-2-25(26-9-5-3-6-10-26)23-37-20-15-27(35-29(32(37)40)16-19-36-17-7-4-8-18-36)22-34-31(39)14-12-24-11-13-30(38)28(33)21-24/h3,5-6,9-14,21,25,27,29,35,38H,2,4,7-8,15-20,22-23H2,1H3,(H,34,39)/b14-12+/t25-,27+,29+/m1/s1. The van der Waals surface area contributed by atoms with Gasteiger partial charge in [0.1, 0.15) is 0 Å². The van der Waals surface area contributed by atoms with Crippen LogP contribution in [0.2, 0.25) is 0 Å². The normalized spacial score (nSPS) is 21.4. The highest BCUT2D eigenvalue weighted by molar-refractivity contribution is 5.91. The van der Waals surface area contributed by atoms with Crippen LogP contribution in [0.1, 0.15) is 62.5 Å². The summed E-state index contributed by atoms with van der Waals surface area (Å²) in [5.74, 6) is -1.02. The molecule has 2 aliphatic heterocycles. The monoisotopic (exact) mass is 550 g/mol. The number of likely N-dealkylation sites (tertiary alicyclic amines) is 1. The minimum Gasteiger partial charge on any atom is -0.505 e. The molecule has 8 heteroatoms. The summed E-state index contributed by atoms with van der Waals surface area (Å²) in [7, 11) is 0. The van der Waals surface area contributed by atoms with E-state index in [0.717, 1.165) is 38.9 Å². The average molecular weight is 551 g/mol. The van der Waals surface area contributed by atoms with E-state index in [-0.39, 0.29) is 29.8 Å². The number of amides is 2. The van der Waals surface area contributed by atoms with E-state index in [9.17, 15) is 19.1 Å². The third-order valence-electron chi connectivity index (χ3n) is 8.10. The zero-order valence-corrected chi connectivity index (χ0v) is 23.5. The Kier molecular flexibility index (Phi) is 11.1. The van der Waals surface area contributed by atoms with E-state index in [1.165, 1.54) is 49.1 Å². The van der Waals surface area contributed by atoms with Crippen LogP contribution in [0.3, 0.4) is 0 Å². The second kappa shape index (κ2) is 15.0. The molecule has 2 aromatic rings. The quantitative estimate of drug-likeness (QED) is 0.364. The van der Waals surface area contributed by atoms with Crippen molar-refractivity contribution in [3.63, 3.8) is 0 Å². The Morgan fingerprint density at radius 1 is 1.15 bits per heavy atom. The van der Waals surface area contributed by atoms with Gasteiger partial charge in [-0.15, -0.1) is 0 Å². The van der Waals surface area contributed by atoms with Crippen LogP contribution in [0, 0.1) is 5.82 Å². The van der Waals surface area contributed by atoms with Gasteiger partial charge in [0.25, 0.3) is 0 Å². The molecule has 0 radical (unpaired) electrons. The topological polar surface area (TPSA) is 84.9 Å². The Balaban J connectivity index is 1.39. The summed E-state index contributed by atoms with van der Waals surface area (Å²) in [6.07, 6.45) is 9.02. The largest absolute Gasteiger partial charge is 0.505 e. The average Bonchev–Trinajstić information content (AvgIpc) is 3.13. The number of hydrogen-bond acceptors (Lipinski definition) is 5. The van der Waals surface area contributed by atoms with E-state index < -0.39 is 11.6 Å². The zero-order chi connectivity index (χ0) is 28.3. The minimum atomic E-state index is -0.729. The van der Waals surface area contributed by atoms with Gasteiger partial charge in [-0.1, -0.05) is 49.7 Å². The molecular weight excluding hydrogens is 507 g/mol. The Morgan fingerprint density at radius 2 is 1.93 bits per heavy atom. The van der Waals surface area contributed by atoms with Crippen LogP contribution in [-0.4, -0.2) is 78.1 Å². The lowest BCUT2D eigenvalue weighted by Crippen LogP contribution is -2.50. The van der Waals surface area contributed by atoms with Gasteiger partial charge in [0.05, 0.1) is 6.04 Å². The first-order chi connectivity index (χ1) is 19.4. The lowest BCUT2D eigenvalue weighted by Gasteiger charge is -2.31. The van der Waals surface area contributed by atoms with Crippen LogP contribution >= 0.6 is 0 Å². The van der Waals surface area contributed by atoms with E-state index in [1.54, 1.807) is 6.07 Å². The summed E-state index contributed by atoms with van der Waals surface area (Å²) in [5.41, 5.74) is 1.74. The van der Waals surface area contributed by atoms with Gasteiger partial charge in [0.2, 0.25) is 11.8 Å². The van der Waals surface area contributed by atoms with E-state index in [0.29, 0.717) is 25.2 Å². The predicted molar refractivity (Wildman–Crippen MR) is 156 cm³/mol. The lowest BCUT2D eigenvalue weighted by atomic mass is 9.95. The van der Waals surface area contributed by atoms with Gasteiger partial charge in [-0.2, -0.15) is 0 Å². The molecule has 0 aromatic heterocycles. The summed E-state index contributed by atoms with van der Waals surface area (Å²) in [6.45, 7) is 6.96. The molecule has 2 fully saturated rings. The minimum absolute atomic E-state index is 0.0411. The Hall–Kier alpha value is -3.23. The van der Waals surface area contributed by atoms with Crippen LogP contribution < -0.4 is 10.6 Å². The number of hydrogen-bond donors (Lipinski definition) is 3. The van der Waals surface area contributed by atoms with Crippen LogP contribution in [0.15, 0.2) is 54.6 Å². The Labute approximate surface area is 237 Å². The maximum absolute atomic E-state index is 13.8. The van der Waals surface area contributed by atoms with E-state index in [1.807, 2.05) is 11.0 Å². The molecular formula is C32H43FN4O3. The van der Waals surface area contributed by atoms with Gasteiger partial charge < -0.3 is 25.5 Å². The number of piperidine rings is 1. The fraction of sp³-hybridized carbons (Fsp3) is 0.500. The van der Waals surface area contributed by atoms with Crippen molar-refractivity contribution in [1.82, 2.24) is 20.4 Å². The number of halogens is 1. The fourth-order valence-electron chi connectivity index (χ4n) is 5.67. The zero-order valence-electron chi connectivity index (χ0n) is 23.5. The predicted octanol–water partition coefficient (Wildman–Crippen LogP) is 4.29. The summed E-state index contributed by atoms with van der Waals surface area (Å²) in [4.78, 5) is 30.8. The van der Waals surface area contributed by atoms with Gasteiger partial charge in [0.15, 0.2) is 11.6 Å². The van der Waals surface area contributed by atoms with Gasteiger partial charge in [-0.05, 0) is 74.5 Å². The molecule has 2 aromatic carbocycles. The number of rotatable bonds is 11. The van der Waals surface area contributed by atoms with Crippen LogP contribution in [0.5, 0.6) is 5.75 Å². The highest BCUT2D eigenvalue weighted by Crippen LogP contribution is 2.23. The summed E-state index contributed by atoms with van der Waals surface area (Å²) < 4.78 is 13.6. The van der Waals surface area contributed by atoms with E-state index in [4.69, 9.17) is 0 Å². The molecule has 0 unspecified atom stereocenters. The highest BCUT2D eigenvalue weighted by Gasteiger charge is 2.32. The van der Waals surface area contributed by atoms with Crippen molar-refractivity contribution >= 4 is 17.9 Å². The molecule has 0 aliphatic carbocycles. The number of phenols is 1. The lowest BCUT2D eigenvalue weighted by molar-refractivity contribution is -0.133. The van der Waals surface area contributed by atoms with Crippen molar-refractivity contribution in [3.8, 4) is 5.75 Å². The first-order valence-corrected chi connectivity index (χ1v) is 14.7. The third-order valence-corrected chi connectivity index (χ3v) is 8.10. The molecule has 2 aliphatic rings. The van der Waals surface area contributed by atoms with E-state index >= 15 is 0 Å². The maximum Gasteiger partial charge on any atom is 0.244 e. The molecule has 0 bridgehead atoms. The fourth-order valence-corrected chi connectivity index (χ4v) is 5.67. The molecule has 2 saturated heterocycles. The van der Waals surface area contributed by atoms with Crippen molar-refractivity contribution in [2.45, 2.75) is 63.5 Å². The molecule has 3 atom stereocenters. The number of carbonyl (C=O) groups is 2. The van der Waals surface area contributed by atoms with Crippen LogP contribution in [0.4, 0.5) is 4.39 Å². The SMILES string of the molecule is CC[C@H](CN1CC[C@@H](CNC(=O)/C=C/c2ccc(O)c(F)c2)N[C@@H](CCN2CCCCC2)C1=O)c1ccccc1. The molecule has 3 N–H and O–H groups in total. The molecule has 0 saturated carbocycles. The van der Waals surface area contributed by atoms with Gasteiger partial charge in [0, 0.05) is 44.2 Å². The number of aromatic hydroxyl groups is 1. The van der Waals surface area contributed by atoms with Gasteiger partial charge >= 0.3 is 0 Å². The summed E-state index contributed by atoms with van der Waals surface area (Å²) in [5, 5.41) is 15.9. The van der Waals surface area contributed by atoms with Crippen LogP contribution in [-0.2, 0) is 9.59 Å². The second-order valence-electron chi connectivity index (χ2n) is 11.0. The maximum atomic E-state index is 13.8. The number of phenolic OH excluding ortho intramolecular Hbond substituents is 1. The smallest absolute Gasteiger partial charge is 0.244 e. The van der Waals surface area contributed by atoms with Crippen molar-refractivity contribution in [1.29, 1.82) is 0 Å². The molecule has 4 rings (SSSR count). The van der Waals surface area contributed by atoms with Crippen molar-refractivity contribution in [2.24, 2.45) is 0 Å². The second-order valence-corrected chi connectivity index (χ2v) is 11.0. The molecule has 2 amide bonds. The number of carbonyl (C=O) groups excluding carboxylic acids is 2. The highest BCUT2D eigenvalue weighted by atomic mass is 19.1. The van der Waals surface area contributed by atoms with Crippen molar-refractivity contribution in [2.75, 3.05) is 39.3 Å².